The van der Waals surface area contributed by atoms with Crippen LogP contribution < -0.4 is 15.5 Å². The Hall–Kier alpha value is -3.19. The van der Waals surface area contributed by atoms with Crippen molar-refractivity contribution in [1.82, 2.24) is 4.90 Å². The van der Waals surface area contributed by atoms with E-state index in [9.17, 15) is 14.4 Å². The molecule has 0 saturated carbocycles. The van der Waals surface area contributed by atoms with Crippen molar-refractivity contribution < 1.29 is 19.3 Å². The molecule has 0 radical (unpaired) electrons. The van der Waals surface area contributed by atoms with Gasteiger partial charge in [-0.1, -0.05) is 30.3 Å². The quantitative estimate of drug-likeness (QED) is 0.628. The van der Waals surface area contributed by atoms with Crippen molar-refractivity contribution in [2.24, 2.45) is 0 Å². The summed E-state index contributed by atoms with van der Waals surface area (Å²) in [6.07, 6.45) is 0. The van der Waals surface area contributed by atoms with Crippen LogP contribution in [0.3, 0.4) is 0 Å². The number of benzene rings is 2. The monoisotopic (exact) mass is 397 g/mol. The van der Waals surface area contributed by atoms with Gasteiger partial charge >= 0.3 is 0 Å². The third kappa shape index (κ3) is 6.43. The van der Waals surface area contributed by atoms with E-state index in [4.69, 9.17) is 0 Å². The molecule has 29 heavy (non-hydrogen) atoms. The van der Waals surface area contributed by atoms with Crippen molar-refractivity contribution in [3.63, 3.8) is 0 Å². The van der Waals surface area contributed by atoms with Gasteiger partial charge < -0.3 is 20.4 Å². The number of nitrogens with one attached hydrogen (secondary N) is 3. The lowest BCUT2D eigenvalue weighted by molar-refractivity contribution is -0.912. The van der Waals surface area contributed by atoms with Crippen LogP contribution in [0.4, 0.5) is 11.4 Å². The molecule has 2 aromatic carbocycles. The minimum absolute atomic E-state index is 0.0412. The van der Waals surface area contributed by atoms with E-state index in [2.05, 4.69) is 10.6 Å². The molecule has 2 aromatic rings. The Bertz CT molecular complexity index is 835. The van der Waals surface area contributed by atoms with Crippen molar-refractivity contribution >= 4 is 29.1 Å². The Kier molecular flexibility index (Phi) is 7.91. The Morgan fingerprint density at radius 1 is 0.931 bits per heavy atom. The summed E-state index contributed by atoms with van der Waals surface area (Å²) in [5.74, 6) is -0.372. The van der Waals surface area contributed by atoms with Crippen molar-refractivity contribution in [3.05, 3.63) is 60.2 Å². The smallest absolute Gasteiger partial charge is 0.285 e. The number of hydrogen-bond acceptors (Lipinski definition) is 3. The highest BCUT2D eigenvalue weighted by Crippen LogP contribution is 2.14. The molecule has 7 heteroatoms. The molecule has 0 aliphatic heterocycles. The van der Waals surface area contributed by atoms with Gasteiger partial charge in [-0.15, -0.1) is 0 Å². The summed E-state index contributed by atoms with van der Waals surface area (Å²) in [6.45, 7) is 4.18. The number of carbonyl (C=O) groups is 3. The van der Waals surface area contributed by atoms with Gasteiger partial charge in [0.2, 0.25) is 5.91 Å². The molecular weight excluding hydrogens is 368 g/mol. The highest BCUT2D eigenvalue weighted by Gasteiger charge is 2.33. The van der Waals surface area contributed by atoms with Gasteiger partial charge in [0, 0.05) is 38.0 Å². The average Bonchev–Trinajstić information content (AvgIpc) is 2.69. The predicted octanol–water partition coefficient (Wildman–Crippen LogP) is 1.32. The number of rotatable bonds is 8. The van der Waals surface area contributed by atoms with Gasteiger partial charge in [-0.2, -0.15) is 0 Å². The molecule has 0 aliphatic carbocycles. The van der Waals surface area contributed by atoms with E-state index in [0.717, 1.165) is 10.5 Å². The summed E-state index contributed by atoms with van der Waals surface area (Å²) in [5, 5.41) is 5.55. The number of carbonyl (C=O) groups excluding carboxylic acids is 3. The second-order valence-corrected chi connectivity index (χ2v) is 7.07. The normalized spacial score (nSPS) is 12.6. The van der Waals surface area contributed by atoms with Gasteiger partial charge in [0.05, 0.1) is 6.54 Å². The van der Waals surface area contributed by atoms with E-state index in [1.165, 1.54) is 6.92 Å². The SMILES string of the molecule is CC[NH+](CC(=O)Nc1ccc(NC(C)=O)cc1)[C@@H](C(=O)N(C)C)c1ccccc1. The van der Waals surface area contributed by atoms with E-state index in [1.54, 1.807) is 43.3 Å². The number of quaternary nitrogens is 1. The Balaban J connectivity index is 2.12. The molecule has 7 nitrogen and oxygen atoms in total. The molecule has 0 saturated heterocycles. The summed E-state index contributed by atoms with van der Waals surface area (Å²) >= 11 is 0. The molecule has 3 N–H and O–H groups in total. The van der Waals surface area contributed by atoms with Crippen LogP contribution in [0, 0.1) is 0 Å². The summed E-state index contributed by atoms with van der Waals surface area (Å²) in [6, 6.07) is 16.0. The highest BCUT2D eigenvalue weighted by atomic mass is 16.2. The Labute approximate surface area is 171 Å². The molecule has 0 bridgehead atoms. The van der Waals surface area contributed by atoms with E-state index >= 15 is 0 Å². The minimum Gasteiger partial charge on any atom is -0.343 e. The van der Waals surface area contributed by atoms with Crippen LogP contribution in [0.25, 0.3) is 0 Å². The number of hydrogen-bond donors (Lipinski definition) is 3. The summed E-state index contributed by atoms with van der Waals surface area (Å²) in [5.41, 5.74) is 2.18. The third-order valence-electron chi connectivity index (χ3n) is 4.56. The average molecular weight is 397 g/mol. The van der Waals surface area contributed by atoms with E-state index < -0.39 is 6.04 Å². The first-order chi connectivity index (χ1) is 13.8. The van der Waals surface area contributed by atoms with Gasteiger partial charge in [-0.05, 0) is 31.2 Å². The first-order valence-electron chi connectivity index (χ1n) is 9.60. The van der Waals surface area contributed by atoms with Crippen molar-refractivity contribution in [2.45, 2.75) is 19.9 Å². The zero-order valence-electron chi connectivity index (χ0n) is 17.4. The number of amides is 3. The maximum absolute atomic E-state index is 12.8. The lowest BCUT2D eigenvalue weighted by atomic mass is 10.0. The maximum atomic E-state index is 12.8. The predicted molar refractivity (Wildman–Crippen MR) is 114 cm³/mol. The maximum Gasteiger partial charge on any atom is 0.285 e. The van der Waals surface area contributed by atoms with Crippen molar-refractivity contribution in [2.75, 3.05) is 37.8 Å². The summed E-state index contributed by atoms with van der Waals surface area (Å²) < 4.78 is 0. The van der Waals surface area contributed by atoms with Crippen LogP contribution in [-0.4, -0.2) is 49.8 Å². The summed E-state index contributed by atoms with van der Waals surface area (Å²) in [7, 11) is 3.45. The number of nitrogens with zero attached hydrogens (tertiary/aromatic N) is 1. The molecule has 0 fully saturated rings. The first-order valence-corrected chi connectivity index (χ1v) is 9.60. The zero-order valence-corrected chi connectivity index (χ0v) is 17.4. The van der Waals surface area contributed by atoms with Crippen LogP contribution >= 0.6 is 0 Å². The van der Waals surface area contributed by atoms with E-state index in [-0.39, 0.29) is 24.3 Å². The van der Waals surface area contributed by atoms with Crippen LogP contribution in [0.15, 0.2) is 54.6 Å². The van der Waals surface area contributed by atoms with Gasteiger partial charge in [-0.25, -0.2) is 0 Å². The van der Waals surface area contributed by atoms with Crippen LogP contribution in [0.2, 0.25) is 0 Å². The minimum atomic E-state index is -0.455. The van der Waals surface area contributed by atoms with Crippen molar-refractivity contribution in [3.8, 4) is 0 Å². The Morgan fingerprint density at radius 3 is 1.97 bits per heavy atom. The molecule has 0 spiro atoms. The fourth-order valence-electron chi connectivity index (χ4n) is 3.14. The molecule has 0 aromatic heterocycles. The molecule has 2 atom stereocenters. The number of likely N-dealkylation sites (N-methyl/N-ethyl adjacent to an activating group) is 2. The zero-order chi connectivity index (χ0) is 21.4. The van der Waals surface area contributed by atoms with Gasteiger partial charge in [-0.3, -0.25) is 14.4 Å². The molecule has 2 rings (SSSR count). The van der Waals surface area contributed by atoms with Crippen LogP contribution in [0.5, 0.6) is 0 Å². The fraction of sp³-hybridized carbons (Fsp3) is 0.318. The van der Waals surface area contributed by atoms with Gasteiger partial charge in [0.1, 0.15) is 0 Å². The second-order valence-electron chi connectivity index (χ2n) is 7.07. The molecule has 0 aliphatic rings. The highest BCUT2D eigenvalue weighted by molar-refractivity contribution is 5.93. The third-order valence-corrected chi connectivity index (χ3v) is 4.56. The standard InChI is InChI=1S/C22H28N4O3/c1-5-26(21(22(29)25(3)4)17-9-7-6-8-10-17)15-20(28)24-19-13-11-18(12-14-19)23-16(2)27/h6-14,21H,5,15H2,1-4H3,(H,23,27)(H,24,28)/p+1/t21-/m1/s1. The second kappa shape index (κ2) is 10.4. The van der Waals surface area contributed by atoms with Gasteiger partial charge in [0.15, 0.2) is 12.6 Å². The number of anilines is 2. The first kappa shape index (κ1) is 22.1. The molecular formula is C22H29N4O3+. The molecule has 0 heterocycles. The van der Waals surface area contributed by atoms with E-state index in [1.807, 2.05) is 37.3 Å². The molecule has 154 valence electrons. The van der Waals surface area contributed by atoms with Crippen LogP contribution in [-0.2, 0) is 14.4 Å². The molecule has 1 unspecified atom stereocenters. The summed E-state index contributed by atoms with van der Waals surface area (Å²) in [4.78, 5) is 39.0. The van der Waals surface area contributed by atoms with Crippen molar-refractivity contribution in [1.29, 1.82) is 0 Å². The lowest BCUT2D eigenvalue weighted by Gasteiger charge is -2.28. The Morgan fingerprint density at radius 2 is 1.48 bits per heavy atom. The van der Waals surface area contributed by atoms with E-state index in [0.29, 0.717) is 17.9 Å². The topological polar surface area (TPSA) is 83.0 Å². The largest absolute Gasteiger partial charge is 0.343 e. The van der Waals surface area contributed by atoms with Gasteiger partial charge in [0.25, 0.3) is 11.8 Å². The van der Waals surface area contributed by atoms with Crippen LogP contribution in [0.1, 0.15) is 25.5 Å². The lowest BCUT2D eigenvalue weighted by Crippen LogP contribution is -3.14. The fourth-order valence-corrected chi connectivity index (χ4v) is 3.14. The molecule has 3 amide bonds.